The van der Waals surface area contributed by atoms with E-state index in [1.54, 1.807) is 6.92 Å². The first kappa shape index (κ1) is 18.5. The van der Waals surface area contributed by atoms with Crippen molar-refractivity contribution < 1.29 is 39.7 Å². The van der Waals surface area contributed by atoms with Gasteiger partial charge in [0.25, 0.3) is 0 Å². The molecule has 9 atom stereocenters. The Morgan fingerprint density at radius 1 is 1.00 bits per heavy atom. The zero-order valence-electron chi connectivity index (χ0n) is 14.2. The maximum Gasteiger partial charge on any atom is 0.187 e. The number of fused-ring (bicyclic) bond motifs is 3. The number of hydrogen-bond donors (Lipinski definition) is 5. The lowest BCUT2D eigenvalue weighted by molar-refractivity contribution is -0.368. The van der Waals surface area contributed by atoms with Gasteiger partial charge in [-0.05, 0) is 39.5 Å². The molecule has 0 amide bonds. The highest BCUT2D eigenvalue weighted by molar-refractivity contribution is 5.08. The molecule has 8 nitrogen and oxygen atoms in total. The molecule has 2 bridgehead atoms. The second kappa shape index (κ2) is 6.14. The minimum absolute atomic E-state index is 0.0872. The monoisotopic (exact) mass is 348 g/mol. The summed E-state index contributed by atoms with van der Waals surface area (Å²) in [7, 11) is 0. The van der Waals surface area contributed by atoms with Gasteiger partial charge in [-0.3, -0.25) is 0 Å². The van der Waals surface area contributed by atoms with Crippen LogP contribution in [0, 0.1) is 5.92 Å². The SMILES string of the molecule is CC1(C)OC2(C)C(O)CC1CC2O[C@@H]1O[C@H](CO)[C@@H](O)[C@H](O)[C@H]1O. The number of rotatable bonds is 3. The zero-order chi connectivity index (χ0) is 17.9. The fourth-order valence-electron chi connectivity index (χ4n) is 4.19. The van der Waals surface area contributed by atoms with Crippen molar-refractivity contribution >= 4 is 0 Å². The molecule has 140 valence electrons. The van der Waals surface area contributed by atoms with Gasteiger partial charge in [0.05, 0.1) is 24.4 Å². The van der Waals surface area contributed by atoms with E-state index in [1.807, 2.05) is 13.8 Å². The number of aliphatic hydroxyl groups excluding tert-OH is 5. The summed E-state index contributed by atoms with van der Waals surface area (Å²) in [6, 6.07) is 0. The Labute approximate surface area is 141 Å². The van der Waals surface area contributed by atoms with Crippen molar-refractivity contribution in [3.8, 4) is 0 Å². The van der Waals surface area contributed by atoms with Crippen molar-refractivity contribution in [2.45, 2.75) is 87.7 Å². The van der Waals surface area contributed by atoms with E-state index < -0.39 is 55.1 Å². The molecule has 8 heteroatoms. The predicted molar refractivity (Wildman–Crippen MR) is 80.9 cm³/mol. The molecule has 0 radical (unpaired) electrons. The Morgan fingerprint density at radius 3 is 2.29 bits per heavy atom. The van der Waals surface area contributed by atoms with E-state index in [9.17, 15) is 25.5 Å². The molecular weight excluding hydrogens is 320 g/mol. The lowest BCUT2D eigenvalue weighted by Gasteiger charge is -2.60. The van der Waals surface area contributed by atoms with Crippen molar-refractivity contribution in [3.05, 3.63) is 0 Å². The molecule has 4 rings (SSSR count). The quantitative estimate of drug-likeness (QED) is 0.417. The van der Waals surface area contributed by atoms with Crippen LogP contribution in [0.5, 0.6) is 0 Å². The topological polar surface area (TPSA) is 129 Å². The van der Waals surface area contributed by atoms with Crippen molar-refractivity contribution in [1.29, 1.82) is 0 Å². The van der Waals surface area contributed by atoms with Gasteiger partial charge in [0.1, 0.15) is 30.0 Å². The Bertz CT molecular complexity index is 469. The van der Waals surface area contributed by atoms with Gasteiger partial charge in [0, 0.05) is 0 Å². The third-order valence-electron chi connectivity index (χ3n) is 5.92. The van der Waals surface area contributed by atoms with E-state index in [-0.39, 0.29) is 11.5 Å². The maximum atomic E-state index is 10.4. The number of aliphatic hydroxyl groups is 5. The van der Waals surface area contributed by atoms with Crippen LogP contribution in [0.2, 0.25) is 0 Å². The molecule has 24 heavy (non-hydrogen) atoms. The van der Waals surface area contributed by atoms with Crippen molar-refractivity contribution in [1.82, 2.24) is 0 Å². The van der Waals surface area contributed by atoms with Crippen LogP contribution in [0.3, 0.4) is 0 Å². The molecule has 4 unspecified atom stereocenters. The molecule has 0 aromatic rings. The van der Waals surface area contributed by atoms with Gasteiger partial charge < -0.3 is 39.7 Å². The van der Waals surface area contributed by atoms with Crippen LogP contribution >= 0.6 is 0 Å². The van der Waals surface area contributed by atoms with E-state index in [0.717, 1.165) is 0 Å². The van der Waals surface area contributed by atoms with Crippen molar-refractivity contribution in [2.75, 3.05) is 6.61 Å². The zero-order valence-corrected chi connectivity index (χ0v) is 14.2. The molecule has 3 aliphatic heterocycles. The van der Waals surface area contributed by atoms with E-state index in [2.05, 4.69) is 0 Å². The standard InChI is InChI=1S/C16H28O8/c1-15(2)7-4-9(18)16(3,24-15)10(5-7)23-14-13(21)12(20)11(19)8(6-17)22-14/h7-14,17-21H,4-6H2,1-3H3/t7?,8-,9?,10?,11-,12+,13-,14+,16?/m1/s1. The molecule has 5 N–H and O–H groups in total. The van der Waals surface area contributed by atoms with E-state index in [1.165, 1.54) is 0 Å². The summed E-state index contributed by atoms with van der Waals surface area (Å²) in [5.41, 5.74) is -1.35. The Hall–Kier alpha value is -0.320. The van der Waals surface area contributed by atoms with Gasteiger partial charge in [-0.1, -0.05) is 0 Å². The first-order valence-electron chi connectivity index (χ1n) is 8.44. The Morgan fingerprint density at radius 2 is 1.67 bits per heavy atom. The molecule has 3 saturated heterocycles. The van der Waals surface area contributed by atoms with Gasteiger partial charge in [0.15, 0.2) is 6.29 Å². The summed E-state index contributed by atoms with van der Waals surface area (Å²) in [4.78, 5) is 0. The first-order valence-corrected chi connectivity index (χ1v) is 8.44. The minimum Gasteiger partial charge on any atom is -0.394 e. The Kier molecular flexibility index (Phi) is 4.72. The van der Waals surface area contributed by atoms with Gasteiger partial charge in [0.2, 0.25) is 0 Å². The fraction of sp³-hybridized carbons (Fsp3) is 1.00. The summed E-state index contributed by atoms with van der Waals surface area (Å²) in [5.74, 6) is 0.0872. The second-order valence-corrected chi connectivity index (χ2v) is 7.90. The predicted octanol–water partition coefficient (Wildman–Crippen LogP) is -1.49. The second-order valence-electron chi connectivity index (χ2n) is 7.90. The van der Waals surface area contributed by atoms with E-state index in [0.29, 0.717) is 12.8 Å². The van der Waals surface area contributed by atoms with Crippen LogP contribution in [0.4, 0.5) is 0 Å². The molecule has 1 aliphatic carbocycles. The highest BCUT2D eigenvalue weighted by Crippen LogP contribution is 2.51. The Balaban J connectivity index is 1.76. The molecule has 1 saturated carbocycles. The molecular formula is C16H28O8. The van der Waals surface area contributed by atoms with Gasteiger partial charge in [-0.2, -0.15) is 0 Å². The molecule has 4 fully saturated rings. The first-order chi connectivity index (χ1) is 11.1. The van der Waals surface area contributed by atoms with Crippen LogP contribution in [-0.4, -0.2) is 86.3 Å². The molecule has 0 aromatic heterocycles. The van der Waals surface area contributed by atoms with Crippen molar-refractivity contribution in [3.63, 3.8) is 0 Å². The third-order valence-corrected chi connectivity index (χ3v) is 5.92. The highest BCUT2D eigenvalue weighted by atomic mass is 16.7. The van der Waals surface area contributed by atoms with Crippen LogP contribution in [0.25, 0.3) is 0 Å². The number of hydrogen-bond acceptors (Lipinski definition) is 8. The average molecular weight is 348 g/mol. The molecule has 3 heterocycles. The maximum absolute atomic E-state index is 10.4. The van der Waals surface area contributed by atoms with Crippen molar-refractivity contribution in [2.24, 2.45) is 5.92 Å². The normalized spacial score (nSPS) is 54.0. The third kappa shape index (κ3) is 2.79. The van der Waals surface area contributed by atoms with Gasteiger partial charge in [-0.15, -0.1) is 0 Å². The van der Waals surface area contributed by atoms with Crippen LogP contribution < -0.4 is 0 Å². The van der Waals surface area contributed by atoms with Crippen LogP contribution in [0.15, 0.2) is 0 Å². The van der Waals surface area contributed by atoms with Gasteiger partial charge >= 0.3 is 0 Å². The molecule has 0 aromatic carbocycles. The fourth-order valence-corrected chi connectivity index (χ4v) is 4.19. The van der Waals surface area contributed by atoms with E-state index >= 15 is 0 Å². The van der Waals surface area contributed by atoms with Crippen LogP contribution in [-0.2, 0) is 14.2 Å². The van der Waals surface area contributed by atoms with Crippen LogP contribution in [0.1, 0.15) is 33.6 Å². The summed E-state index contributed by atoms with van der Waals surface area (Å²) in [6.45, 7) is 5.21. The lowest BCUT2D eigenvalue weighted by Crippen LogP contribution is -2.70. The summed E-state index contributed by atoms with van der Waals surface area (Å²) >= 11 is 0. The largest absolute Gasteiger partial charge is 0.394 e. The average Bonchev–Trinajstić information content (AvgIpc) is 2.50. The smallest absolute Gasteiger partial charge is 0.187 e. The molecule has 4 aliphatic rings. The minimum atomic E-state index is -1.49. The summed E-state index contributed by atoms with van der Waals surface area (Å²) in [6.07, 6.45) is -6.64. The summed E-state index contributed by atoms with van der Waals surface area (Å²) in [5, 5.41) is 49.5. The van der Waals surface area contributed by atoms with E-state index in [4.69, 9.17) is 14.2 Å². The molecule has 0 spiro atoms. The van der Waals surface area contributed by atoms with Gasteiger partial charge in [-0.25, -0.2) is 0 Å². The summed E-state index contributed by atoms with van der Waals surface area (Å²) < 4.78 is 17.3. The lowest BCUT2D eigenvalue weighted by atomic mass is 9.65. The highest BCUT2D eigenvalue weighted by Gasteiger charge is 2.60. The number of ether oxygens (including phenoxy) is 3.